The lowest BCUT2D eigenvalue weighted by atomic mass is 10.0. The number of hydrogen-bond donors (Lipinski definition) is 10. The number of aryl methyl sites for hydroxylation is 5. The lowest BCUT2D eigenvalue weighted by Gasteiger charge is -2.23. The van der Waals surface area contributed by atoms with Crippen molar-refractivity contribution in [2.24, 2.45) is 0 Å². The van der Waals surface area contributed by atoms with Gasteiger partial charge in [0.15, 0.2) is 57.3 Å². The number of pyridine rings is 5. The highest BCUT2D eigenvalue weighted by molar-refractivity contribution is 5.92. The second-order valence-corrected chi connectivity index (χ2v) is 36.8. The Labute approximate surface area is 852 Å². The molecule has 25 rings (SSSR count). The van der Waals surface area contributed by atoms with Crippen LogP contribution in [0.2, 0.25) is 0 Å². The number of nitrogens with one attached hydrogen (secondary N) is 10. The highest BCUT2D eigenvalue weighted by Crippen LogP contribution is 2.40. The van der Waals surface area contributed by atoms with Crippen LogP contribution in [0.15, 0.2) is 318 Å². The minimum atomic E-state index is -0.469. The third-order valence-corrected chi connectivity index (χ3v) is 27.0. The molecule has 37 heteroatoms. The number of aromatic nitrogens is 25. The standard InChI is InChI=1S/C24H22N6O.2C23H19FN6O.C23H20N6O.C20H20N6O/c1-3-18(29-23-21-22(26-13-25-21)27-14-28-23)19-12-16-9-7-8-15(2)20(16)24(31)30(19)17-10-5-4-6-11-17;1-13-6-5-7-15-10-18(14(2)29-22-20-21(26-11-25-20)27-12-28-22)30(23(31)19(13)15)17-9-4-3-8-16(17)24;1-13-4-3-5-15-10-18(14(2)29-22-20-21(26-11-25-20)27-12-28-22)30(23(31)19(13)15)17-8-6-16(24)7-9-17;1-14-7-6-8-16-11-18(29(23(30)19(14)16)17-9-4-3-5-10-17)15(2)28-22-20-21(25-12-24-20)26-13-27-22;1-11-4-3-5-13-8-15(26(14-6-7-14)20(27)16(11)13)12(2)25-19-17-18(22-9-21-17)23-10-24-19/h4-14,18H,3H2,1-2H3,(H2,25,26,27,28,29);2*3-12,14H,1-2H3,(H2,25,26,27,28,29);3-13,15H,1-2H3,(H2,24,25,26,27,28);3-5,8-10,12,14H,6-7H2,1-2H3,(H2,21,22,23,24,25). The van der Waals surface area contributed by atoms with Crippen LogP contribution in [0.1, 0.15) is 146 Å². The van der Waals surface area contributed by atoms with Gasteiger partial charge in [-0.05, 0) is 227 Å². The molecule has 0 spiro atoms. The molecule has 1 aliphatic rings. The van der Waals surface area contributed by atoms with E-state index in [1.807, 2.05) is 228 Å². The first-order chi connectivity index (χ1) is 73.0. The number of hydrogen-bond acceptors (Lipinski definition) is 25. The lowest BCUT2D eigenvalue weighted by molar-refractivity contribution is 0.611. The molecule has 1 aliphatic carbocycles. The van der Waals surface area contributed by atoms with E-state index >= 15 is 0 Å². The number of para-hydroxylation sites is 3. The second kappa shape index (κ2) is 41.4. The number of anilines is 5. The first kappa shape index (κ1) is 96.8. The molecular weight excluding hydrogens is 1900 g/mol. The van der Waals surface area contributed by atoms with Crippen molar-refractivity contribution in [3.8, 4) is 22.7 Å². The van der Waals surface area contributed by atoms with Gasteiger partial charge in [-0.15, -0.1) is 0 Å². The van der Waals surface area contributed by atoms with Crippen LogP contribution in [0, 0.1) is 46.3 Å². The second-order valence-electron chi connectivity index (χ2n) is 36.8. The van der Waals surface area contributed by atoms with Crippen LogP contribution in [0.25, 0.3) is 132 Å². The summed E-state index contributed by atoms with van der Waals surface area (Å²) >= 11 is 0. The number of halogens is 2. The van der Waals surface area contributed by atoms with Crippen molar-refractivity contribution in [1.29, 1.82) is 0 Å². The Kier molecular flexibility index (Phi) is 26.7. The summed E-state index contributed by atoms with van der Waals surface area (Å²) < 4.78 is 37.0. The van der Waals surface area contributed by atoms with Gasteiger partial charge >= 0.3 is 0 Å². The molecule has 0 aliphatic heterocycles. The van der Waals surface area contributed by atoms with Gasteiger partial charge in [0, 0.05) is 51.6 Å². The summed E-state index contributed by atoms with van der Waals surface area (Å²) in [6.45, 7) is 19.7. The van der Waals surface area contributed by atoms with E-state index in [0.717, 1.165) is 141 Å². The summed E-state index contributed by atoms with van der Waals surface area (Å²) in [6, 6.07) is 70.3. The fourth-order valence-corrected chi connectivity index (χ4v) is 19.5. The molecule has 0 amide bonds. The van der Waals surface area contributed by atoms with E-state index in [0.29, 0.717) is 96.6 Å². The zero-order valence-electron chi connectivity index (χ0n) is 83.0. The number of aromatic amines is 5. The van der Waals surface area contributed by atoms with Gasteiger partial charge in [-0.2, -0.15) is 0 Å². The van der Waals surface area contributed by atoms with Crippen molar-refractivity contribution in [2.75, 3.05) is 26.6 Å². The van der Waals surface area contributed by atoms with Crippen LogP contribution in [-0.2, 0) is 0 Å². The third-order valence-electron chi connectivity index (χ3n) is 27.0. The fourth-order valence-electron chi connectivity index (χ4n) is 19.5. The molecule has 150 heavy (non-hydrogen) atoms. The van der Waals surface area contributed by atoms with Crippen molar-refractivity contribution < 1.29 is 8.78 Å². The van der Waals surface area contributed by atoms with E-state index in [2.05, 4.69) is 158 Å². The minimum Gasteiger partial charge on any atom is -0.360 e. The molecule has 15 heterocycles. The molecule has 0 radical (unpaired) electrons. The number of fused-ring (bicyclic) bond motifs is 10. The Bertz CT molecular complexity index is 9570. The maximum atomic E-state index is 14.8. The highest BCUT2D eigenvalue weighted by Gasteiger charge is 2.32. The predicted octanol–water partition coefficient (Wildman–Crippen LogP) is 20.7. The molecule has 10 N–H and O–H groups in total. The zero-order chi connectivity index (χ0) is 104. The fraction of sp³-hybridized carbons (Fsp3) is 0.168. The van der Waals surface area contributed by atoms with Gasteiger partial charge in [0.1, 0.15) is 70.9 Å². The van der Waals surface area contributed by atoms with Gasteiger partial charge < -0.3 is 56.1 Å². The number of benzene rings is 9. The molecule has 24 aromatic rings. The average Bonchev–Trinajstić information content (AvgIpc) is 1.57. The van der Waals surface area contributed by atoms with Gasteiger partial charge in [0.25, 0.3) is 27.8 Å². The predicted molar refractivity (Wildman–Crippen MR) is 581 cm³/mol. The van der Waals surface area contributed by atoms with Gasteiger partial charge in [-0.3, -0.25) is 42.2 Å². The Hall–Kier alpha value is -19.4. The first-order valence-electron chi connectivity index (χ1n) is 48.9. The van der Waals surface area contributed by atoms with Crippen molar-refractivity contribution in [3.05, 3.63) is 413 Å². The largest absolute Gasteiger partial charge is 0.360 e. The summed E-state index contributed by atoms with van der Waals surface area (Å²) in [5.41, 5.74) is 17.3. The van der Waals surface area contributed by atoms with E-state index in [1.165, 1.54) is 54.4 Å². The average molecular weight is 2000 g/mol. The van der Waals surface area contributed by atoms with Crippen LogP contribution in [0.3, 0.4) is 0 Å². The molecule has 1 saturated carbocycles. The number of H-pyrrole nitrogens is 5. The smallest absolute Gasteiger partial charge is 0.263 e. The SMILES string of the molecule is CCC(Nc1ncnc2nc[nH]c12)c1cc2cccc(C)c2c(=O)n1-c1ccccc1.Cc1cccc2cc(C(C)Nc3ncnc4nc[nH]c34)n(-c3ccc(F)cc3)c(=O)c12.Cc1cccc2cc(C(C)Nc3ncnc4nc[nH]c34)n(-c3ccccc3)c(=O)c12.Cc1cccc2cc(C(C)Nc3ncnc4nc[nH]c34)n(-c3ccccc3F)c(=O)c12.Cc1cccc2cc(C(C)Nc3ncnc4nc[nH]c34)n(C3CC3)c(=O)c12. The summed E-state index contributed by atoms with van der Waals surface area (Å²) in [6.07, 6.45) is 18.1. The molecule has 0 saturated heterocycles. The van der Waals surface area contributed by atoms with Crippen molar-refractivity contribution in [2.45, 2.75) is 125 Å². The van der Waals surface area contributed by atoms with E-state index in [9.17, 15) is 32.8 Å². The summed E-state index contributed by atoms with van der Waals surface area (Å²) in [5.74, 6) is 2.29. The molecule has 15 aromatic heterocycles. The molecule has 5 atom stereocenters. The molecule has 746 valence electrons. The van der Waals surface area contributed by atoms with Crippen molar-refractivity contribution in [3.63, 3.8) is 0 Å². The van der Waals surface area contributed by atoms with E-state index in [-0.39, 0.29) is 69.5 Å². The molecule has 9 aromatic carbocycles. The third kappa shape index (κ3) is 18.9. The maximum Gasteiger partial charge on any atom is 0.263 e. The molecule has 5 unspecified atom stereocenters. The maximum absolute atomic E-state index is 14.8. The highest BCUT2D eigenvalue weighted by atomic mass is 19.1. The Morgan fingerprint density at radius 3 is 0.913 bits per heavy atom. The van der Waals surface area contributed by atoms with Crippen LogP contribution in [-0.4, -0.2) is 123 Å². The molecular formula is C113H100F2N30O5. The Morgan fingerprint density at radius 1 is 0.300 bits per heavy atom. The van der Waals surface area contributed by atoms with Crippen LogP contribution < -0.4 is 54.4 Å². The number of imidazole rings is 5. The van der Waals surface area contributed by atoms with Crippen molar-refractivity contribution >= 4 is 139 Å². The monoisotopic (exact) mass is 1990 g/mol. The van der Waals surface area contributed by atoms with Crippen LogP contribution in [0.4, 0.5) is 37.9 Å². The van der Waals surface area contributed by atoms with Crippen LogP contribution in [0.5, 0.6) is 0 Å². The summed E-state index contributed by atoms with van der Waals surface area (Å²) in [4.78, 5) is 146. The quantitative estimate of drug-likeness (QED) is 0.0319. The summed E-state index contributed by atoms with van der Waals surface area (Å²) in [7, 11) is 0. The van der Waals surface area contributed by atoms with Gasteiger partial charge in [-0.1, -0.05) is 146 Å². The van der Waals surface area contributed by atoms with Gasteiger partial charge in [0.05, 0.1) is 94.5 Å². The normalized spacial score (nSPS) is 12.9. The lowest BCUT2D eigenvalue weighted by Crippen LogP contribution is -2.27. The van der Waals surface area contributed by atoms with E-state index in [1.54, 1.807) is 71.1 Å². The molecule has 0 bridgehead atoms. The van der Waals surface area contributed by atoms with Gasteiger partial charge in [-0.25, -0.2) is 83.5 Å². The minimum absolute atomic E-state index is 0.0218. The van der Waals surface area contributed by atoms with Gasteiger partial charge in [0.2, 0.25) is 0 Å². The number of nitrogens with zero attached hydrogens (tertiary/aromatic N) is 20. The Balaban J connectivity index is 0.000000110. The van der Waals surface area contributed by atoms with E-state index in [4.69, 9.17) is 0 Å². The first-order valence-corrected chi connectivity index (χ1v) is 48.9. The topological polar surface area (TPSA) is 442 Å². The van der Waals surface area contributed by atoms with Crippen molar-refractivity contribution in [1.82, 2.24) is 123 Å². The molecule has 35 nitrogen and oxygen atoms in total. The Morgan fingerprint density at radius 2 is 0.580 bits per heavy atom. The van der Waals surface area contributed by atoms with E-state index < -0.39 is 5.82 Å². The zero-order valence-corrected chi connectivity index (χ0v) is 83.0. The summed E-state index contributed by atoms with van der Waals surface area (Å²) in [5, 5.41) is 25.0. The molecule has 1 fully saturated rings. The van der Waals surface area contributed by atoms with Crippen LogP contribution >= 0.6 is 0 Å². The number of rotatable bonds is 21.